The molecule has 2 rings (SSSR count). The monoisotopic (exact) mass is 323 g/mol. The zero-order valence-electron chi connectivity index (χ0n) is 12.5. The highest BCUT2D eigenvalue weighted by molar-refractivity contribution is 7.99. The van der Waals surface area contributed by atoms with Crippen molar-refractivity contribution in [3.05, 3.63) is 0 Å². The molecule has 6 nitrogen and oxygen atoms in total. The second kappa shape index (κ2) is 8.08. The van der Waals surface area contributed by atoms with Gasteiger partial charge in [0.1, 0.15) is 6.04 Å². The minimum atomic E-state index is -0.474. The average Bonchev–Trinajstić information content (AvgIpc) is 3.20. The molecule has 1 atom stereocenters. The minimum absolute atomic E-state index is 0.0629. The molecular formula is C15H21N3O3S. The standard InChI is InChI=1S/C15H21N3O3S/c1-2-7-16-13(19)8-17-14(20)12-9-22-10-18(12)15(21)11-5-3-4-6-11/h1,11-12H,3-10H2,(H,16,19)(H,17,20)/t12-/m0/s1. The minimum Gasteiger partial charge on any atom is -0.345 e. The Kier molecular flexibility index (Phi) is 6.13. The quantitative estimate of drug-likeness (QED) is 0.695. The second-order valence-electron chi connectivity index (χ2n) is 5.50. The molecular weight excluding hydrogens is 302 g/mol. The van der Waals surface area contributed by atoms with Gasteiger partial charge in [-0.3, -0.25) is 14.4 Å². The van der Waals surface area contributed by atoms with E-state index in [0.717, 1.165) is 25.7 Å². The number of nitrogens with zero attached hydrogens (tertiary/aromatic N) is 1. The number of nitrogens with one attached hydrogen (secondary N) is 2. The van der Waals surface area contributed by atoms with Crippen LogP contribution in [0.3, 0.4) is 0 Å². The van der Waals surface area contributed by atoms with Gasteiger partial charge in [0, 0.05) is 11.7 Å². The van der Waals surface area contributed by atoms with Gasteiger partial charge in [-0.25, -0.2) is 0 Å². The summed E-state index contributed by atoms with van der Waals surface area (Å²) in [6, 6.07) is -0.474. The lowest BCUT2D eigenvalue weighted by Gasteiger charge is -2.25. The van der Waals surface area contributed by atoms with Crippen molar-refractivity contribution in [1.82, 2.24) is 15.5 Å². The first-order valence-electron chi connectivity index (χ1n) is 7.49. The van der Waals surface area contributed by atoms with E-state index in [1.54, 1.807) is 16.7 Å². The zero-order chi connectivity index (χ0) is 15.9. The molecule has 1 saturated carbocycles. The Hall–Kier alpha value is -1.68. The van der Waals surface area contributed by atoms with Gasteiger partial charge in [0.2, 0.25) is 17.7 Å². The molecule has 0 unspecified atom stereocenters. The fourth-order valence-corrected chi connectivity index (χ4v) is 3.95. The van der Waals surface area contributed by atoms with E-state index in [4.69, 9.17) is 6.42 Å². The first-order valence-corrected chi connectivity index (χ1v) is 8.65. The van der Waals surface area contributed by atoms with E-state index in [9.17, 15) is 14.4 Å². The summed E-state index contributed by atoms with van der Waals surface area (Å²) < 4.78 is 0. The number of terminal acetylenes is 1. The van der Waals surface area contributed by atoms with Gasteiger partial charge >= 0.3 is 0 Å². The molecule has 0 bridgehead atoms. The first kappa shape index (κ1) is 16.7. The SMILES string of the molecule is C#CCNC(=O)CNC(=O)[C@@H]1CSCN1C(=O)C1CCCC1. The number of carbonyl (C=O) groups is 3. The van der Waals surface area contributed by atoms with Gasteiger partial charge in [-0.15, -0.1) is 18.2 Å². The first-order chi connectivity index (χ1) is 10.6. The predicted molar refractivity (Wildman–Crippen MR) is 84.8 cm³/mol. The third kappa shape index (κ3) is 4.17. The fraction of sp³-hybridized carbons (Fsp3) is 0.667. The van der Waals surface area contributed by atoms with Crippen LogP contribution in [0.4, 0.5) is 0 Å². The lowest BCUT2D eigenvalue weighted by molar-refractivity contribution is -0.141. The molecule has 3 amide bonds. The highest BCUT2D eigenvalue weighted by Crippen LogP contribution is 2.30. The summed E-state index contributed by atoms with van der Waals surface area (Å²) in [6.07, 6.45) is 9.06. The molecule has 0 aromatic carbocycles. The predicted octanol–water partition coefficient (Wildman–Crippen LogP) is -0.0563. The molecule has 0 aromatic rings. The summed E-state index contributed by atoms with van der Waals surface area (Å²) in [5.74, 6) is 2.97. The van der Waals surface area contributed by atoms with Gasteiger partial charge in [0.25, 0.3) is 0 Å². The van der Waals surface area contributed by atoms with Gasteiger partial charge in [0.15, 0.2) is 0 Å². The molecule has 1 aliphatic carbocycles. The van der Waals surface area contributed by atoms with E-state index < -0.39 is 6.04 Å². The van der Waals surface area contributed by atoms with Crippen molar-refractivity contribution in [1.29, 1.82) is 0 Å². The Balaban J connectivity index is 1.84. The van der Waals surface area contributed by atoms with Gasteiger partial charge in [-0.05, 0) is 12.8 Å². The number of rotatable bonds is 5. The van der Waals surface area contributed by atoms with Crippen LogP contribution in [0.25, 0.3) is 0 Å². The summed E-state index contributed by atoms with van der Waals surface area (Å²) in [4.78, 5) is 37.8. The molecule has 2 N–H and O–H groups in total. The molecule has 0 radical (unpaired) electrons. The topological polar surface area (TPSA) is 78.5 Å². The normalized spacial score (nSPS) is 21.4. The summed E-state index contributed by atoms with van der Waals surface area (Å²) in [5.41, 5.74) is 0. The van der Waals surface area contributed by atoms with Crippen molar-refractivity contribution in [3.8, 4) is 12.3 Å². The Morgan fingerprint density at radius 3 is 2.64 bits per heavy atom. The van der Waals surface area contributed by atoms with Crippen LogP contribution in [0.1, 0.15) is 25.7 Å². The molecule has 1 saturated heterocycles. The van der Waals surface area contributed by atoms with Crippen LogP contribution in [-0.4, -0.2) is 53.4 Å². The smallest absolute Gasteiger partial charge is 0.244 e. The second-order valence-corrected chi connectivity index (χ2v) is 6.50. The zero-order valence-corrected chi connectivity index (χ0v) is 13.3. The average molecular weight is 323 g/mol. The number of amides is 3. The third-order valence-corrected chi connectivity index (χ3v) is 5.00. The fourth-order valence-electron chi connectivity index (χ4n) is 2.78. The highest BCUT2D eigenvalue weighted by atomic mass is 32.2. The van der Waals surface area contributed by atoms with Crippen LogP contribution in [0, 0.1) is 18.3 Å². The van der Waals surface area contributed by atoms with Crippen LogP contribution >= 0.6 is 11.8 Å². The number of hydrogen-bond acceptors (Lipinski definition) is 4. The largest absolute Gasteiger partial charge is 0.345 e. The van der Waals surface area contributed by atoms with Crippen molar-refractivity contribution in [3.63, 3.8) is 0 Å². The summed E-state index contributed by atoms with van der Waals surface area (Å²) >= 11 is 1.57. The lowest BCUT2D eigenvalue weighted by atomic mass is 10.1. The summed E-state index contributed by atoms with van der Waals surface area (Å²) in [6.45, 7) is 0.0212. The van der Waals surface area contributed by atoms with E-state index >= 15 is 0 Å². The maximum Gasteiger partial charge on any atom is 0.244 e. The van der Waals surface area contributed by atoms with Crippen LogP contribution < -0.4 is 10.6 Å². The van der Waals surface area contributed by atoms with Crippen LogP contribution in [0.2, 0.25) is 0 Å². The van der Waals surface area contributed by atoms with Crippen molar-refractivity contribution >= 4 is 29.5 Å². The van der Waals surface area contributed by atoms with Gasteiger partial charge < -0.3 is 15.5 Å². The Morgan fingerprint density at radius 1 is 1.23 bits per heavy atom. The summed E-state index contributed by atoms with van der Waals surface area (Å²) in [7, 11) is 0. The van der Waals surface area contributed by atoms with Crippen molar-refractivity contribution in [2.24, 2.45) is 5.92 Å². The van der Waals surface area contributed by atoms with Crippen LogP contribution in [0.15, 0.2) is 0 Å². The molecule has 2 aliphatic rings. The van der Waals surface area contributed by atoms with Gasteiger partial charge in [-0.2, -0.15) is 0 Å². The van der Waals surface area contributed by atoms with Gasteiger partial charge in [0.05, 0.1) is 19.0 Å². The lowest BCUT2D eigenvalue weighted by Crippen LogP contribution is -2.50. The third-order valence-electron chi connectivity index (χ3n) is 3.98. The number of thioether (sulfide) groups is 1. The van der Waals surface area contributed by atoms with Crippen LogP contribution in [-0.2, 0) is 14.4 Å². The van der Waals surface area contributed by atoms with Crippen LogP contribution in [0.5, 0.6) is 0 Å². The van der Waals surface area contributed by atoms with E-state index in [-0.39, 0.29) is 36.7 Å². The molecule has 0 spiro atoms. The van der Waals surface area contributed by atoms with Gasteiger partial charge in [-0.1, -0.05) is 18.8 Å². The van der Waals surface area contributed by atoms with E-state index in [1.165, 1.54) is 0 Å². The Morgan fingerprint density at radius 2 is 1.95 bits per heavy atom. The molecule has 7 heteroatoms. The summed E-state index contributed by atoms with van der Waals surface area (Å²) in [5, 5.41) is 5.06. The molecule has 0 aromatic heterocycles. The number of carbonyl (C=O) groups excluding carboxylic acids is 3. The van der Waals surface area contributed by atoms with E-state index in [2.05, 4.69) is 16.6 Å². The molecule has 22 heavy (non-hydrogen) atoms. The van der Waals surface area contributed by atoms with Crippen molar-refractivity contribution in [2.75, 3.05) is 24.7 Å². The maximum atomic E-state index is 12.5. The number of hydrogen-bond donors (Lipinski definition) is 2. The van der Waals surface area contributed by atoms with E-state index in [0.29, 0.717) is 11.6 Å². The van der Waals surface area contributed by atoms with Crippen molar-refractivity contribution in [2.45, 2.75) is 31.7 Å². The molecule has 1 heterocycles. The molecule has 120 valence electrons. The maximum absolute atomic E-state index is 12.5. The highest BCUT2D eigenvalue weighted by Gasteiger charge is 2.38. The Bertz CT molecular complexity index is 483. The molecule has 1 aliphatic heterocycles. The Labute approximate surface area is 134 Å². The van der Waals surface area contributed by atoms with E-state index in [1.807, 2.05) is 0 Å². The van der Waals surface area contributed by atoms with Crippen molar-refractivity contribution < 1.29 is 14.4 Å². The molecule has 2 fully saturated rings.